The van der Waals surface area contributed by atoms with Crippen molar-refractivity contribution in [3.63, 3.8) is 0 Å². The molecule has 6 heteroatoms. The number of furan rings is 1. The number of aliphatic imine (C=N–C) groups is 1. The van der Waals surface area contributed by atoms with Crippen LogP contribution >= 0.6 is 0 Å². The fraction of sp³-hybridized carbons (Fsp3) is 0.545. The third-order valence-corrected chi connectivity index (χ3v) is 6.13. The van der Waals surface area contributed by atoms with Crippen molar-refractivity contribution < 1.29 is 13.9 Å². The predicted molar refractivity (Wildman–Crippen MR) is 107 cm³/mol. The number of Topliss-reactive ketones (excluding diaryl/α,β-unsaturated/α-hetero) is 1. The average molecular weight is 381 g/mol. The van der Waals surface area contributed by atoms with E-state index in [9.17, 15) is 4.79 Å². The van der Waals surface area contributed by atoms with Crippen molar-refractivity contribution in [2.24, 2.45) is 4.99 Å². The van der Waals surface area contributed by atoms with E-state index in [1.807, 2.05) is 6.07 Å². The lowest BCUT2D eigenvalue weighted by Gasteiger charge is -2.37. The summed E-state index contributed by atoms with van der Waals surface area (Å²) in [5.41, 5.74) is 3.27. The van der Waals surface area contributed by atoms with Crippen LogP contribution in [0.5, 0.6) is 0 Å². The van der Waals surface area contributed by atoms with Crippen LogP contribution in [0.1, 0.15) is 42.0 Å². The zero-order valence-electron chi connectivity index (χ0n) is 16.2. The minimum Gasteiger partial charge on any atom is -0.456 e. The Morgan fingerprint density at radius 1 is 1.29 bits per heavy atom. The van der Waals surface area contributed by atoms with Gasteiger partial charge in [-0.15, -0.1) is 0 Å². The molecule has 1 aromatic rings. The number of nitrogens with zero attached hydrogens (tertiary/aromatic N) is 2. The molecular formula is C22H27N3O3. The highest BCUT2D eigenvalue weighted by molar-refractivity contribution is 6.47. The molecule has 4 aliphatic rings. The summed E-state index contributed by atoms with van der Waals surface area (Å²) >= 11 is 0. The van der Waals surface area contributed by atoms with Crippen molar-refractivity contribution in [1.29, 1.82) is 0 Å². The van der Waals surface area contributed by atoms with Crippen molar-refractivity contribution in [3.8, 4) is 0 Å². The van der Waals surface area contributed by atoms with Crippen LogP contribution in [0, 0.1) is 0 Å². The molecule has 28 heavy (non-hydrogen) atoms. The molecule has 2 atom stereocenters. The van der Waals surface area contributed by atoms with Crippen molar-refractivity contribution in [2.45, 2.75) is 44.3 Å². The maximum absolute atomic E-state index is 13.2. The fourth-order valence-corrected chi connectivity index (χ4v) is 4.61. The first kappa shape index (κ1) is 18.0. The van der Waals surface area contributed by atoms with Crippen LogP contribution in [-0.2, 0) is 11.3 Å². The molecule has 0 saturated carbocycles. The lowest BCUT2D eigenvalue weighted by atomic mass is 9.82. The van der Waals surface area contributed by atoms with Gasteiger partial charge in [0, 0.05) is 25.7 Å². The van der Waals surface area contributed by atoms with Crippen molar-refractivity contribution >= 4 is 11.5 Å². The van der Waals surface area contributed by atoms with Gasteiger partial charge in [-0.05, 0) is 49.0 Å². The van der Waals surface area contributed by atoms with E-state index in [1.54, 1.807) is 6.07 Å². The van der Waals surface area contributed by atoms with Crippen LogP contribution in [-0.4, -0.2) is 61.3 Å². The van der Waals surface area contributed by atoms with E-state index in [0.29, 0.717) is 30.6 Å². The number of carbonyl (C=O) groups is 1. The summed E-state index contributed by atoms with van der Waals surface area (Å²) in [6.45, 7) is 4.69. The number of rotatable bonds is 4. The Hall–Kier alpha value is -2.02. The summed E-state index contributed by atoms with van der Waals surface area (Å²) < 4.78 is 11.3. The van der Waals surface area contributed by atoms with Crippen LogP contribution in [0.2, 0.25) is 0 Å². The van der Waals surface area contributed by atoms with Gasteiger partial charge in [0.05, 0.1) is 25.8 Å². The van der Waals surface area contributed by atoms with Gasteiger partial charge in [-0.2, -0.15) is 0 Å². The third-order valence-electron chi connectivity index (χ3n) is 6.13. The van der Waals surface area contributed by atoms with E-state index in [2.05, 4.69) is 27.4 Å². The van der Waals surface area contributed by atoms with Gasteiger partial charge < -0.3 is 9.15 Å². The molecule has 6 nitrogen and oxygen atoms in total. The van der Waals surface area contributed by atoms with Crippen LogP contribution in [0.4, 0.5) is 0 Å². The summed E-state index contributed by atoms with van der Waals surface area (Å²) in [7, 11) is 0. The lowest BCUT2D eigenvalue weighted by molar-refractivity contribution is 0.0312. The predicted octanol–water partition coefficient (Wildman–Crippen LogP) is 2.52. The number of ether oxygens (including phenoxy) is 1. The topological polar surface area (TPSA) is 67.1 Å². The van der Waals surface area contributed by atoms with Gasteiger partial charge in [-0.25, -0.2) is 0 Å². The number of hydrogen-bond donors (Lipinski definition) is 1. The van der Waals surface area contributed by atoms with Crippen LogP contribution in [0.15, 0.2) is 44.8 Å². The van der Waals surface area contributed by atoms with Crippen molar-refractivity contribution in [3.05, 3.63) is 47.0 Å². The van der Waals surface area contributed by atoms with Gasteiger partial charge in [-0.3, -0.25) is 20.0 Å². The average Bonchev–Trinajstić information content (AvgIpc) is 3.20. The highest BCUT2D eigenvalue weighted by atomic mass is 16.5. The molecule has 1 saturated heterocycles. The normalized spacial score (nSPS) is 27.9. The molecule has 0 spiro atoms. The molecule has 1 aliphatic carbocycles. The number of morpholine rings is 1. The third kappa shape index (κ3) is 3.52. The first-order valence-electron chi connectivity index (χ1n) is 10.4. The number of hydrogen-bond acceptors (Lipinski definition) is 6. The lowest BCUT2D eigenvalue weighted by Crippen LogP contribution is -2.52. The fourth-order valence-electron chi connectivity index (χ4n) is 4.61. The first-order valence-corrected chi connectivity index (χ1v) is 10.4. The molecular weight excluding hydrogens is 354 g/mol. The molecule has 4 heterocycles. The molecule has 0 radical (unpaired) electrons. The Balaban J connectivity index is 1.33. The van der Waals surface area contributed by atoms with Gasteiger partial charge in [-0.1, -0.05) is 12.2 Å². The minimum atomic E-state index is -0.0837. The Bertz CT molecular complexity index is 845. The zero-order valence-corrected chi connectivity index (χ0v) is 16.2. The molecule has 5 rings (SSSR count). The number of fused-ring (bicyclic) bond motifs is 2. The summed E-state index contributed by atoms with van der Waals surface area (Å²) in [6.07, 6.45) is 9.03. The highest BCUT2D eigenvalue weighted by Gasteiger charge is 2.36. The Morgan fingerprint density at radius 3 is 3.07 bits per heavy atom. The van der Waals surface area contributed by atoms with E-state index in [0.717, 1.165) is 51.3 Å². The van der Waals surface area contributed by atoms with Crippen LogP contribution in [0.3, 0.4) is 0 Å². The molecule has 0 amide bonds. The monoisotopic (exact) mass is 381 g/mol. The first-order chi connectivity index (χ1) is 13.8. The van der Waals surface area contributed by atoms with E-state index < -0.39 is 0 Å². The standard InChI is InChI=1S/C22H27N3O3/c26-22(19-6-5-17(28-19)14-25-9-11-27-12-10-25)21-20-16(7-8-23-21)13-15-3-1-2-4-18(15)24-20/h3,5-6,13,18,20,24H,1-2,4,7-12,14H2. The number of nitrogens with one attached hydrogen (secondary N) is 1. The molecule has 148 valence electrons. The second kappa shape index (κ2) is 7.78. The second-order valence-corrected chi connectivity index (χ2v) is 8.01. The van der Waals surface area contributed by atoms with Crippen LogP contribution in [0.25, 0.3) is 0 Å². The highest BCUT2D eigenvalue weighted by Crippen LogP contribution is 2.30. The SMILES string of the molecule is O=C(C1=NCCC2=CC3=CCCCC3NC21)c1ccc(CN2CCOCC2)o1. The van der Waals surface area contributed by atoms with Crippen molar-refractivity contribution in [1.82, 2.24) is 10.2 Å². The van der Waals surface area contributed by atoms with Crippen molar-refractivity contribution in [2.75, 3.05) is 32.8 Å². The Labute approximate surface area is 165 Å². The van der Waals surface area contributed by atoms with Gasteiger partial charge >= 0.3 is 0 Å². The zero-order chi connectivity index (χ0) is 18.9. The molecule has 1 N–H and O–H groups in total. The quantitative estimate of drug-likeness (QED) is 0.812. The van der Waals surface area contributed by atoms with E-state index in [1.165, 1.54) is 17.6 Å². The molecule has 0 aromatic carbocycles. The molecule has 3 aliphatic heterocycles. The number of carbonyl (C=O) groups excluding carboxylic acids is 1. The van der Waals surface area contributed by atoms with Gasteiger partial charge in [0.1, 0.15) is 11.5 Å². The van der Waals surface area contributed by atoms with E-state index in [-0.39, 0.29) is 11.8 Å². The summed E-state index contributed by atoms with van der Waals surface area (Å²) in [4.78, 5) is 20.1. The summed E-state index contributed by atoms with van der Waals surface area (Å²) in [5.74, 6) is 1.14. The second-order valence-electron chi connectivity index (χ2n) is 8.01. The minimum absolute atomic E-state index is 0.0747. The van der Waals surface area contributed by atoms with E-state index >= 15 is 0 Å². The largest absolute Gasteiger partial charge is 0.456 e. The molecule has 2 unspecified atom stereocenters. The molecule has 1 fully saturated rings. The van der Waals surface area contributed by atoms with E-state index in [4.69, 9.17) is 9.15 Å². The Morgan fingerprint density at radius 2 is 2.18 bits per heavy atom. The smallest absolute Gasteiger partial charge is 0.243 e. The molecule has 1 aromatic heterocycles. The number of ketones is 1. The maximum atomic E-state index is 13.2. The van der Waals surface area contributed by atoms with Gasteiger partial charge in [0.2, 0.25) is 5.78 Å². The van der Waals surface area contributed by atoms with Gasteiger partial charge in [0.15, 0.2) is 5.76 Å². The molecule has 0 bridgehead atoms. The summed E-state index contributed by atoms with van der Waals surface area (Å²) in [5, 5.41) is 3.68. The maximum Gasteiger partial charge on any atom is 0.243 e. The van der Waals surface area contributed by atoms with Gasteiger partial charge in [0.25, 0.3) is 0 Å². The summed E-state index contributed by atoms with van der Waals surface area (Å²) in [6, 6.07) is 3.98. The number of allylic oxidation sites excluding steroid dienone is 1. The Kier molecular flexibility index (Phi) is 5.01. The van der Waals surface area contributed by atoms with Crippen LogP contribution < -0.4 is 5.32 Å².